The number of rotatable bonds is 10. The van der Waals surface area contributed by atoms with Crippen LogP contribution in [0.25, 0.3) is 0 Å². The molecule has 2 unspecified atom stereocenters. The number of nitrogens with one attached hydrogen (secondary N) is 1. The van der Waals surface area contributed by atoms with Gasteiger partial charge in [0.2, 0.25) is 0 Å². The van der Waals surface area contributed by atoms with E-state index in [1.807, 2.05) is 0 Å². The predicted molar refractivity (Wildman–Crippen MR) is 69.3 cm³/mol. The first-order valence-electron chi connectivity index (χ1n) is 6.50. The van der Waals surface area contributed by atoms with Gasteiger partial charge in [-0.3, -0.25) is 4.79 Å². The summed E-state index contributed by atoms with van der Waals surface area (Å²) in [6.07, 6.45) is 4.95. The van der Waals surface area contributed by atoms with Gasteiger partial charge in [0.25, 0.3) is 0 Å². The Morgan fingerprint density at radius 1 is 1.47 bits per heavy atom. The molecule has 102 valence electrons. The molecule has 4 nitrogen and oxygen atoms in total. The predicted octanol–water partition coefficient (Wildman–Crippen LogP) is 2.42. The Hall–Kier alpha value is -0.610. The number of likely N-dealkylation sites (N-methyl/N-ethyl adjacent to an activating group) is 1. The van der Waals surface area contributed by atoms with Gasteiger partial charge in [-0.05, 0) is 46.6 Å². The smallest absolute Gasteiger partial charge is 0.323 e. The maximum absolute atomic E-state index is 11.0. The Morgan fingerprint density at radius 2 is 2.12 bits per heavy atom. The van der Waals surface area contributed by atoms with Crippen molar-refractivity contribution in [3.05, 3.63) is 0 Å². The van der Waals surface area contributed by atoms with Crippen molar-refractivity contribution in [2.24, 2.45) is 0 Å². The molecular weight excluding hydrogens is 218 g/mol. The molecule has 0 spiro atoms. The number of carbonyl (C=O) groups is 1. The molecule has 0 rings (SSSR count). The maximum Gasteiger partial charge on any atom is 0.323 e. The van der Waals surface area contributed by atoms with E-state index < -0.39 is 11.5 Å². The minimum absolute atomic E-state index is 0.315. The summed E-state index contributed by atoms with van der Waals surface area (Å²) in [6.45, 7) is 6.67. The molecule has 0 bridgehead atoms. The first-order chi connectivity index (χ1) is 7.96. The third kappa shape index (κ3) is 6.64. The van der Waals surface area contributed by atoms with Gasteiger partial charge in [-0.15, -0.1) is 0 Å². The highest BCUT2D eigenvalue weighted by molar-refractivity contribution is 5.78. The topological polar surface area (TPSA) is 58.6 Å². The first-order valence-corrected chi connectivity index (χ1v) is 6.50. The SMILES string of the molecule is CCCC(C)OCCCCC(C)(NC)C(=O)O. The zero-order valence-corrected chi connectivity index (χ0v) is 11.6. The number of carboxylic acids is 1. The van der Waals surface area contributed by atoms with Crippen molar-refractivity contribution in [2.75, 3.05) is 13.7 Å². The molecule has 0 fully saturated rings. The largest absolute Gasteiger partial charge is 0.480 e. The average molecular weight is 245 g/mol. The van der Waals surface area contributed by atoms with Gasteiger partial charge in [0.15, 0.2) is 0 Å². The van der Waals surface area contributed by atoms with Gasteiger partial charge in [0.1, 0.15) is 5.54 Å². The van der Waals surface area contributed by atoms with Crippen LogP contribution in [0.3, 0.4) is 0 Å². The van der Waals surface area contributed by atoms with Gasteiger partial charge in [0.05, 0.1) is 6.10 Å². The molecule has 4 heteroatoms. The summed E-state index contributed by atoms with van der Waals surface area (Å²) in [7, 11) is 1.69. The van der Waals surface area contributed by atoms with Crippen molar-refractivity contribution in [3.8, 4) is 0 Å². The van der Waals surface area contributed by atoms with E-state index in [2.05, 4.69) is 19.2 Å². The second-order valence-corrected chi connectivity index (χ2v) is 4.81. The number of unbranched alkanes of at least 4 members (excludes halogenated alkanes) is 1. The van der Waals surface area contributed by atoms with Crippen molar-refractivity contribution < 1.29 is 14.6 Å². The maximum atomic E-state index is 11.0. The van der Waals surface area contributed by atoms with Crippen LogP contribution in [0, 0.1) is 0 Å². The van der Waals surface area contributed by atoms with Gasteiger partial charge in [-0.2, -0.15) is 0 Å². The lowest BCUT2D eigenvalue weighted by Gasteiger charge is -2.24. The molecule has 0 aromatic heterocycles. The normalized spacial score (nSPS) is 16.5. The Bertz CT molecular complexity index is 221. The molecular formula is C13H27NO3. The van der Waals surface area contributed by atoms with E-state index in [1.165, 1.54) is 0 Å². The summed E-state index contributed by atoms with van der Waals surface area (Å²) in [6, 6.07) is 0. The van der Waals surface area contributed by atoms with E-state index in [1.54, 1.807) is 14.0 Å². The van der Waals surface area contributed by atoms with E-state index in [0.717, 1.165) is 32.3 Å². The number of hydrogen-bond donors (Lipinski definition) is 2. The summed E-state index contributed by atoms with van der Waals surface area (Å²) >= 11 is 0. The summed E-state index contributed by atoms with van der Waals surface area (Å²) in [4.78, 5) is 11.0. The Morgan fingerprint density at radius 3 is 2.59 bits per heavy atom. The summed E-state index contributed by atoms with van der Waals surface area (Å²) in [5.41, 5.74) is -0.810. The molecule has 0 aromatic carbocycles. The number of ether oxygens (including phenoxy) is 1. The van der Waals surface area contributed by atoms with Gasteiger partial charge in [-0.1, -0.05) is 13.3 Å². The lowest BCUT2D eigenvalue weighted by molar-refractivity contribution is -0.144. The fourth-order valence-corrected chi connectivity index (χ4v) is 1.69. The van der Waals surface area contributed by atoms with E-state index in [0.29, 0.717) is 12.5 Å². The zero-order chi connectivity index (χ0) is 13.3. The highest BCUT2D eigenvalue weighted by Crippen LogP contribution is 2.14. The molecule has 0 saturated heterocycles. The highest BCUT2D eigenvalue weighted by Gasteiger charge is 2.29. The van der Waals surface area contributed by atoms with E-state index >= 15 is 0 Å². The van der Waals surface area contributed by atoms with Crippen LogP contribution in [0.2, 0.25) is 0 Å². The zero-order valence-electron chi connectivity index (χ0n) is 11.6. The molecule has 0 aliphatic rings. The Kier molecular flexibility index (Phi) is 8.17. The minimum Gasteiger partial charge on any atom is -0.480 e. The van der Waals surface area contributed by atoms with Crippen LogP contribution in [0.5, 0.6) is 0 Å². The van der Waals surface area contributed by atoms with E-state index in [4.69, 9.17) is 9.84 Å². The van der Waals surface area contributed by atoms with Crippen LogP contribution < -0.4 is 5.32 Å². The van der Waals surface area contributed by atoms with E-state index in [9.17, 15) is 4.79 Å². The lowest BCUT2D eigenvalue weighted by atomic mass is 9.95. The van der Waals surface area contributed by atoms with Crippen LogP contribution in [0.4, 0.5) is 0 Å². The molecule has 0 amide bonds. The summed E-state index contributed by atoms with van der Waals surface area (Å²) in [5, 5.41) is 11.9. The number of hydrogen-bond acceptors (Lipinski definition) is 3. The molecule has 0 aromatic rings. The molecule has 0 aliphatic heterocycles. The standard InChI is InChI=1S/C13H27NO3/c1-5-8-11(2)17-10-7-6-9-13(3,14-4)12(15)16/h11,14H,5-10H2,1-4H3,(H,15,16). The summed E-state index contributed by atoms with van der Waals surface area (Å²) in [5.74, 6) is -0.791. The van der Waals surface area contributed by atoms with Gasteiger partial charge >= 0.3 is 5.97 Å². The van der Waals surface area contributed by atoms with Crippen molar-refractivity contribution in [3.63, 3.8) is 0 Å². The van der Waals surface area contributed by atoms with Crippen molar-refractivity contribution >= 4 is 5.97 Å². The third-order valence-electron chi connectivity index (χ3n) is 3.19. The van der Waals surface area contributed by atoms with Gasteiger partial charge < -0.3 is 15.2 Å². The van der Waals surface area contributed by atoms with Crippen molar-refractivity contribution in [1.29, 1.82) is 0 Å². The van der Waals surface area contributed by atoms with Crippen molar-refractivity contribution in [1.82, 2.24) is 5.32 Å². The molecule has 2 atom stereocenters. The fraction of sp³-hybridized carbons (Fsp3) is 0.923. The Balaban J connectivity index is 3.66. The van der Waals surface area contributed by atoms with Crippen LogP contribution in [0.15, 0.2) is 0 Å². The van der Waals surface area contributed by atoms with Gasteiger partial charge in [-0.25, -0.2) is 0 Å². The molecule has 2 N–H and O–H groups in total. The highest BCUT2D eigenvalue weighted by atomic mass is 16.5. The average Bonchev–Trinajstić information content (AvgIpc) is 2.28. The van der Waals surface area contributed by atoms with Crippen LogP contribution >= 0.6 is 0 Å². The fourth-order valence-electron chi connectivity index (χ4n) is 1.69. The van der Waals surface area contributed by atoms with E-state index in [-0.39, 0.29) is 0 Å². The van der Waals surface area contributed by atoms with Crippen LogP contribution in [-0.4, -0.2) is 36.4 Å². The molecule has 0 aliphatic carbocycles. The first kappa shape index (κ1) is 16.4. The second kappa shape index (κ2) is 8.48. The monoisotopic (exact) mass is 245 g/mol. The molecule has 0 heterocycles. The summed E-state index contributed by atoms with van der Waals surface area (Å²) < 4.78 is 5.62. The van der Waals surface area contributed by atoms with Crippen molar-refractivity contribution in [2.45, 2.75) is 64.5 Å². The molecule has 17 heavy (non-hydrogen) atoms. The van der Waals surface area contributed by atoms with Crippen LogP contribution in [-0.2, 0) is 9.53 Å². The number of carboxylic acid groups (broad SMARTS) is 1. The Labute approximate surface area is 105 Å². The van der Waals surface area contributed by atoms with Crippen LogP contribution in [0.1, 0.15) is 52.9 Å². The second-order valence-electron chi connectivity index (χ2n) is 4.81. The number of aliphatic carboxylic acids is 1. The quantitative estimate of drug-likeness (QED) is 0.580. The molecule has 0 radical (unpaired) electrons. The molecule has 0 saturated carbocycles. The van der Waals surface area contributed by atoms with Gasteiger partial charge in [0, 0.05) is 6.61 Å². The minimum atomic E-state index is -0.810. The third-order valence-corrected chi connectivity index (χ3v) is 3.19. The lowest BCUT2D eigenvalue weighted by Crippen LogP contribution is -2.47.